The Morgan fingerprint density at radius 3 is 1.16 bits per heavy atom. The smallest absolute Gasteiger partial charge is 0.220 e. The molecule has 2 amide bonds. The second-order valence-corrected chi connectivity index (χ2v) is 28.5. The molecular formula is C72H132N2O28. The first kappa shape index (κ1) is 90.3. The fourth-order valence-corrected chi connectivity index (χ4v) is 13.9. The average Bonchev–Trinajstić information content (AvgIpc) is 0.777. The maximum atomic E-state index is 13.5. The number of aliphatic hydroxyl groups excluding tert-OH is 16. The average molecular weight is 1470 g/mol. The van der Waals surface area contributed by atoms with E-state index in [9.17, 15) is 91.3 Å². The number of aliphatic hydroxyl groups is 16. The van der Waals surface area contributed by atoms with Crippen LogP contribution in [0.4, 0.5) is 0 Å². The van der Waals surface area contributed by atoms with E-state index in [-0.39, 0.29) is 12.3 Å². The molecule has 30 nitrogen and oxygen atoms in total. The molecule has 27 atom stereocenters. The van der Waals surface area contributed by atoms with Crippen molar-refractivity contribution in [2.24, 2.45) is 0 Å². The monoisotopic (exact) mass is 1470 g/mol. The summed E-state index contributed by atoms with van der Waals surface area (Å²) >= 11 is 0. The summed E-state index contributed by atoms with van der Waals surface area (Å²) in [4.78, 5) is 26.0. The SMILES string of the molecule is CCCCCCCCCCCCC/C=C/[C@@H](O)[C@H](CO[C@@H]1OC(CO)[C@@H](O[C@@H]2OC(CO)[C@H](O[C@@H]3OC(CO)[C@H](O)[C@H](O[C@@H]4OC(CO)[C@H](O[C@@H]5OC(CO)[C@H](O)[C@H](O)C5O)[C@H](O)C4NC(C)=O)C3O)[C@H](O)C2O)[C@H](O)C1O)NC(=O)CCCCCCCCCCCCCCCCCCCCC. The Morgan fingerprint density at radius 1 is 0.382 bits per heavy atom. The molecule has 0 saturated carbocycles. The number of amides is 2. The van der Waals surface area contributed by atoms with Gasteiger partial charge in [-0.25, -0.2) is 0 Å². The molecule has 5 aliphatic rings. The van der Waals surface area contributed by atoms with Gasteiger partial charge in [0.2, 0.25) is 11.8 Å². The molecule has 0 aromatic heterocycles. The zero-order valence-electron chi connectivity index (χ0n) is 60.7. The number of allylic oxidation sites excluding steroid dienone is 1. The van der Waals surface area contributed by atoms with E-state index in [1.807, 2.05) is 6.08 Å². The minimum atomic E-state index is -2.17. The van der Waals surface area contributed by atoms with Crippen LogP contribution < -0.4 is 10.6 Å². The predicted molar refractivity (Wildman–Crippen MR) is 368 cm³/mol. The lowest BCUT2D eigenvalue weighted by molar-refractivity contribution is -0.389. The van der Waals surface area contributed by atoms with E-state index in [0.29, 0.717) is 12.8 Å². The topological polar surface area (TPSA) is 474 Å². The zero-order valence-corrected chi connectivity index (χ0v) is 60.7. The Balaban J connectivity index is 1.15. The summed E-state index contributed by atoms with van der Waals surface area (Å²) < 4.78 is 58.3. The Morgan fingerprint density at radius 2 is 0.725 bits per heavy atom. The van der Waals surface area contributed by atoms with Crippen LogP contribution in [-0.4, -0.2) is 299 Å². The normalized spacial score (nSPS) is 35.2. The van der Waals surface area contributed by atoms with Gasteiger partial charge >= 0.3 is 0 Å². The number of nitrogens with one attached hydrogen (secondary N) is 2. The molecule has 0 radical (unpaired) electrons. The van der Waals surface area contributed by atoms with Gasteiger partial charge in [-0.3, -0.25) is 9.59 Å². The molecule has 5 heterocycles. The summed E-state index contributed by atoms with van der Waals surface area (Å²) in [6.07, 6.45) is -5.39. The van der Waals surface area contributed by atoms with E-state index < -0.39 is 211 Å². The van der Waals surface area contributed by atoms with E-state index in [0.717, 1.165) is 51.9 Å². The van der Waals surface area contributed by atoms with Gasteiger partial charge in [0.1, 0.15) is 122 Å². The highest BCUT2D eigenvalue weighted by Gasteiger charge is 2.57. The Hall–Kier alpha value is -2.36. The van der Waals surface area contributed by atoms with E-state index in [1.54, 1.807) is 6.08 Å². The van der Waals surface area contributed by atoms with Crippen LogP contribution in [0.15, 0.2) is 12.2 Å². The fraction of sp³-hybridized carbons (Fsp3) is 0.944. The Bertz CT molecular complexity index is 2220. The van der Waals surface area contributed by atoms with Gasteiger partial charge in [0, 0.05) is 13.3 Å². The second-order valence-electron chi connectivity index (χ2n) is 28.5. The standard InChI is InChI=1S/C72H132N2O28/c1-4-6-8-10-12-14-16-18-19-20-21-22-23-25-27-29-31-33-35-37-52(82)74-45(46(81)36-34-32-30-28-26-24-17-15-13-11-9-7-5-2)43-93-69-61(90)58(87)65(50(41-78)97-69)100-71-62(91)59(88)66(51(42-79)98-71)101-72-63(92)67(55(84)48(39-76)95-72)102-68-53(73-44(3)80)56(85)64(49(40-77)96-68)99-70-60(89)57(86)54(83)47(38-75)94-70/h34,36,45-51,53-72,75-79,81,83-92H,4-33,35,37-43H2,1-3H3,(H,73,80)(H,74,82)/b36-34+/t45-,46+,47?,48?,49?,50?,51?,53?,54-,55-,56+,57-,58+,59+,60?,61?,62?,63?,64-,65+,66-,67-,68-,69+,70-,71-,72-/m0/s1. The first-order valence-electron chi connectivity index (χ1n) is 38.5. The number of ether oxygens (including phenoxy) is 10. The van der Waals surface area contributed by atoms with Gasteiger partial charge in [-0.15, -0.1) is 0 Å². The lowest BCUT2D eigenvalue weighted by Crippen LogP contribution is -2.70. The van der Waals surface area contributed by atoms with Gasteiger partial charge in [-0.2, -0.15) is 0 Å². The van der Waals surface area contributed by atoms with E-state index >= 15 is 0 Å². The van der Waals surface area contributed by atoms with Crippen molar-refractivity contribution in [1.29, 1.82) is 0 Å². The number of rotatable bonds is 52. The lowest BCUT2D eigenvalue weighted by Gasteiger charge is -2.50. The lowest BCUT2D eigenvalue weighted by atomic mass is 9.94. The van der Waals surface area contributed by atoms with E-state index in [4.69, 9.17) is 47.4 Å². The van der Waals surface area contributed by atoms with Crippen LogP contribution in [0.1, 0.15) is 226 Å². The Kier molecular flexibility index (Phi) is 44.6. The maximum Gasteiger partial charge on any atom is 0.220 e. The van der Waals surface area contributed by atoms with Crippen molar-refractivity contribution in [1.82, 2.24) is 10.6 Å². The third-order valence-corrected chi connectivity index (χ3v) is 20.2. The number of carbonyl (C=O) groups excluding carboxylic acids is 2. The van der Waals surface area contributed by atoms with Crippen molar-refractivity contribution in [3.63, 3.8) is 0 Å². The molecule has 5 aliphatic heterocycles. The molecule has 5 fully saturated rings. The van der Waals surface area contributed by atoms with Crippen molar-refractivity contribution < 1.29 is 139 Å². The molecule has 0 aliphatic carbocycles. The molecule has 18 N–H and O–H groups in total. The summed E-state index contributed by atoms with van der Waals surface area (Å²) in [5, 5.41) is 181. The minimum absolute atomic E-state index is 0.200. The van der Waals surface area contributed by atoms with Crippen LogP contribution in [0.25, 0.3) is 0 Å². The third kappa shape index (κ3) is 29.2. The predicted octanol–water partition coefficient (Wildman–Crippen LogP) is 1.17. The quantitative estimate of drug-likeness (QED) is 0.0300. The summed E-state index contributed by atoms with van der Waals surface area (Å²) in [5.41, 5.74) is 0. The van der Waals surface area contributed by atoms with Gasteiger partial charge in [0.25, 0.3) is 0 Å². The third-order valence-electron chi connectivity index (χ3n) is 20.2. The molecule has 10 unspecified atom stereocenters. The van der Waals surface area contributed by atoms with Crippen molar-refractivity contribution in [2.75, 3.05) is 39.6 Å². The van der Waals surface area contributed by atoms with Crippen LogP contribution in [0, 0.1) is 0 Å². The van der Waals surface area contributed by atoms with Crippen molar-refractivity contribution in [2.45, 2.75) is 392 Å². The summed E-state index contributed by atoms with van der Waals surface area (Å²) in [5.74, 6) is -1.12. The zero-order chi connectivity index (χ0) is 74.5. The van der Waals surface area contributed by atoms with Crippen LogP contribution >= 0.6 is 0 Å². The summed E-state index contributed by atoms with van der Waals surface area (Å²) in [6, 6.07) is -2.74. The molecule has 30 heteroatoms. The van der Waals surface area contributed by atoms with Crippen molar-refractivity contribution in [3.8, 4) is 0 Å². The first-order valence-corrected chi connectivity index (χ1v) is 38.5. The molecule has 102 heavy (non-hydrogen) atoms. The van der Waals surface area contributed by atoms with Crippen molar-refractivity contribution >= 4 is 11.8 Å². The van der Waals surface area contributed by atoms with Gasteiger partial charge in [-0.05, 0) is 19.3 Å². The molecule has 598 valence electrons. The van der Waals surface area contributed by atoms with Gasteiger partial charge < -0.3 is 140 Å². The number of hydrogen-bond donors (Lipinski definition) is 18. The second kappa shape index (κ2) is 50.4. The molecule has 0 aromatic carbocycles. The Labute approximate surface area is 602 Å². The molecular weight excluding hydrogens is 1340 g/mol. The van der Waals surface area contributed by atoms with E-state index in [1.165, 1.54) is 141 Å². The largest absolute Gasteiger partial charge is 0.394 e. The number of hydrogen-bond acceptors (Lipinski definition) is 28. The van der Waals surface area contributed by atoms with Gasteiger partial charge in [-0.1, -0.05) is 206 Å². The minimum Gasteiger partial charge on any atom is -0.394 e. The fourth-order valence-electron chi connectivity index (χ4n) is 13.9. The molecule has 0 spiro atoms. The van der Waals surface area contributed by atoms with E-state index in [2.05, 4.69) is 24.5 Å². The van der Waals surface area contributed by atoms with Gasteiger partial charge in [0.15, 0.2) is 31.5 Å². The summed E-state index contributed by atoms with van der Waals surface area (Å²) in [6.45, 7) is 0.400. The van der Waals surface area contributed by atoms with Crippen LogP contribution in [0.5, 0.6) is 0 Å². The van der Waals surface area contributed by atoms with Crippen molar-refractivity contribution in [3.05, 3.63) is 12.2 Å². The molecule has 0 aromatic rings. The molecule has 0 bridgehead atoms. The number of carbonyl (C=O) groups is 2. The molecule has 5 saturated heterocycles. The van der Waals surface area contributed by atoms with Crippen LogP contribution in [-0.2, 0) is 57.0 Å². The highest BCUT2D eigenvalue weighted by molar-refractivity contribution is 5.76. The van der Waals surface area contributed by atoms with Gasteiger partial charge in [0.05, 0.1) is 51.8 Å². The van der Waals surface area contributed by atoms with Crippen LogP contribution in [0.2, 0.25) is 0 Å². The first-order chi connectivity index (χ1) is 49.2. The summed E-state index contributed by atoms with van der Waals surface area (Å²) in [7, 11) is 0. The van der Waals surface area contributed by atoms with Crippen LogP contribution in [0.3, 0.4) is 0 Å². The number of unbranched alkanes of at least 4 members (excludes halogenated alkanes) is 29. The maximum absolute atomic E-state index is 13.5. The molecule has 5 rings (SSSR count). The highest BCUT2D eigenvalue weighted by atomic mass is 16.8. The highest BCUT2D eigenvalue weighted by Crippen LogP contribution is 2.37.